The number of amides is 1. The Morgan fingerprint density at radius 3 is 3.00 bits per heavy atom. The molecule has 2 rings (SSSR count). The zero-order valence-electron chi connectivity index (χ0n) is 11.6. The van der Waals surface area contributed by atoms with Gasteiger partial charge in [0.05, 0.1) is 0 Å². The maximum absolute atomic E-state index is 12.0. The molecule has 1 aromatic carbocycles. The molecule has 108 valence electrons. The van der Waals surface area contributed by atoms with Crippen LogP contribution in [0.3, 0.4) is 0 Å². The van der Waals surface area contributed by atoms with Crippen molar-refractivity contribution in [3.05, 3.63) is 18.2 Å². The summed E-state index contributed by atoms with van der Waals surface area (Å²) in [6, 6.07) is 5.71. The summed E-state index contributed by atoms with van der Waals surface area (Å²) in [6.45, 7) is 2.83. The molecule has 0 bridgehead atoms. The van der Waals surface area contributed by atoms with E-state index in [1.807, 2.05) is 18.2 Å². The Balaban J connectivity index is 1.93. The van der Waals surface area contributed by atoms with Crippen LogP contribution in [0.15, 0.2) is 18.2 Å². The van der Waals surface area contributed by atoms with Crippen LogP contribution in [-0.4, -0.2) is 35.4 Å². The molecule has 1 unspecified atom stereocenters. The Morgan fingerprint density at radius 2 is 2.25 bits per heavy atom. The van der Waals surface area contributed by atoms with Crippen molar-refractivity contribution in [2.45, 2.75) is 32.6 Å². The minimum atomic E-state index is -0.0718. The molecule has 0 spiro atoms. The molecular formula is C14H20N4OSe. The van der Waals surface area contributed by atoms with Gasteiger partial charge >= 0.3 is 125 Å². The van der Waals surface area contributed by atoms with Crippen molar-refractivity contribution in [1.82, 2.24) is 7.96 Å². The number of hydrogen-bond acceptors (Lipinski definition) is 4. The quantitative estimate of drug-likeness (QED) is 0.754. The number of fused-ring (bicyclic) bond motifs is 1. The number of hydrogen-bond donors (Lipinski definition) is 2. The van der Waals surface area contributed by atoms with Crippen LogP contribution in [0, 0.1) is 5.92 Å². The molecule has 0 aliphatic carbocycles. The molecule has 6 heteroatoms. The van der Waals surface area contributed by atoms with E-state index >= 15 is 0 Å². The predicted molar refractivity (Wildman–Crippen MR) is 81.8 cm³/mol. The van der Waals surface area contributed by atoms with Gasteiger partial charge in [-0.2, -0.15) is 0 Å². The summed E-state index contributed by atoms with van der Waals surface area (Å²) < 4.78 is 8.67. The molecule has 2 aromatic rings. The van der Waals surface area contributed by atoms with Gasteiger partial charge in [-0.15, -0.1) is 0 Å². The fourth-order valence-electron chi connectivity index (χ4n) is 2.24. The van der Waals surface area contributed by atoms with Crippen LogP contribution in [0.4, 0.5) is 5.69 Å². The summed E-state index contributed by atoms with van der Waals surface area (Å²) >= 11 is -0.0718. The normalized spacial score (nSPS) is 12.5. The average molecular weight is 339 g/mol. The fraction of sp³-hybridized carbons (Fsp3) is 0.500. The molecule has 0 fully saturated rings. The molecule has 1 amide bonds. The molecular weight excluding hydrogens is 319 g/mol. The van der Waals surface area contributed by atoms with Gasteiger partial charge in [-0.3, -0.25) is 0 Å². The van der Waals surface area contributed by atoms with E-state index in [0.717, 1.165) is 36.0 Å². The first-order chi connectivity index (χ1) is 9.74. The van der Waals surface area contributed by atoms with E-state index in [9.17, 15) is 4.79 Å². The molecule has 0 aliphatic heterocycles. The SMILES string of the molecule is CCC(CCN)CCC(=O)Nc1cccc2n[se]nc12. The predicted octanol–water partition coefficient (Wildman–Crippen LogP) is 1.78. The standard InChI is InChI=1S/C14H20N4OSe/c1-2-10(8-9-15)6-7-13(19)16-11-4-3-5-12-14(11)18-20-17-12/h3-5,10H,2,6-9,15H2,1H3,(H,16,19). The third-order valence-electron chi connectivity index (χ3n) is 3.49. The first kappa shape index (κ1) is 15.2. The molecule has 5 nitrogen and oxygen atoms in total. The second kappa shape index (κ2) is 7.52. The van der Waals surface area contributed by atoms with Gasteiger partial charge in [0.2, 0.25) is 0 Å². The van der Waals surface area contributed by atoms with E-state index in [-0.39, 0.29) is 20.9 Å². The van der Waals surface area contributed by atoms with Crippen molar-refractivity contribution in [2.24, 2.45) is 11.7 Å². The van der Waals surface area contributed by atoms with Crippen molar-refractivity contribution in [3.63, 3.8) is 0 Å². The van der Waals surface area contributed by atoms with Gasteiger partial charge in [-0.25, -0.2) is 0 Å². The monoisotopic (exact) mass is 340 g/mol. The van der Waals surface area contributed by atoms with Gasteiger partial charge in [0.25, 0.3) is 0 Å². The second-order valence-electron chi connectivity index (χ2n) is 4.88. The molecule has 0 aliphatic rings. The summed E-state index contributed by atoms with van der Waals surface area (Å²) in [5, 5.41) is 2.95. The van der Waals surface area contributed by atoms with E-state index in [1.54, 1.807) is 0 Å². The van der Waals surface area contributed by atoms with Crippen LogP contribution in [0.5, 0.6) is 0 Å². The Hall–Kier alpha value is -1.23. The number of nitrogens with zero attached hydrogens (tertiary/aromatic N) is 2. The Kier molecular flexibility index (Phi) is 5.71. The van der Waals surface area contributed by atoms with Crippen LogP contribution in [0.2, 0.25) is 0 Å². The summed E-state index contributed by atoms with van der Waals surface area (Å²) in [6.07, 6.45) is 3.48. The van der Waals surface area contributed by atoms with Crippen molar-refractivity contribution >= 4 is 37.6 Å². The Bertz CT molecular complexity index is 569. The first-order valence-corrected chi connectivity index (χ1v) is 8.49. The minimum absolute atomic E-state index is 0.0449. The molecule has 0 radical (unpaired) electrons. The van der Waals surface area contributed by atoms with Crippen molar-refractivity contribution < 1.29 is 4.79 Å². The number of nitrogens with one attached hydrogen (secondary N) is 1. The summed E-state index contributed by atoms with van der Waals surface area (Å²) in [5.41, 5.74) is 8.07. The number of anilines is 1. The van der Waals surface area contributed by atoms with E-state index in [4.69, 9.17) is 5.73 Å². The second-order valence-corrected chi connectivity index (χ2v) is 5.98. The number of rotatable bonds is 7. The third-order valence-corrected chi connectivity index (χ3v) is 4.63. The zero-order chi connectivity index (χ0) is 14.4. The van der Waals surface area contributed by atoms with Gasteiger partial charge in [0, 0.05) is 0 Å². The average Bonchev–Trinajstić information content (AvgIpc) is 2.93. The number of carbonyl (C=O) groups excluding carboxylic acids is 1. The van der Waals surface area contributed by atoms with Crippen LogP contribution >= 0.6 is 0 Å². The van der Waals surface area contributed by atoms with E-state index in [2.05, 4.69) is 20.2 Å². The summed E-state index contributed by atoms with van der Waals surface area (Å²) in [7, 11) is 0. The van der Waals surface area contributed by atoms with Crippen LogP contribution in [0.1, 0.15) is 32.6 Å². The van der Waals surface area contributed by atoms with Crippen molar-refractivity contribution in [3.8, 4) is 0 Å². The van der Waals surface area contributed by atoms with Gasteiger partial charge in [-0.1, -0.05) is 0 Å². The van der Waals surface area contributed by atoms with Crippen molar-refractivity contribution in [2.75, 3.05) is 11.9 Å². The molecule has 1 atom stereocenters. The molecule has 0 saturated heterocycles. The van der Waals surface area contributed by atoms with E-state index in [0.29, 0.717) is 18.9 Å². The van der Waals surface area contributed by atoms with Gasteiger partial charge in [0.1, 0.15) is 0 Å². The topological polar surface area (TPSA) is 80.9 Å². The van der Waals surface area contributed by atoms with Crippen LogP contribution in [0.25, 0.3) is 11.0 Å². The molecule has 20 heavy (non-hydrogen) atoms. The number of benzene rings is 1. The third kappa shape index (κ3) is 3.88. The number of nitrogens with two attached hydrogens (primary N) is 1. The molecule has 3 N–H and O–H groups in total. The number of carbonyl (C=O) groups is 1. The van der Waals surface area contributed by atoms with Gasteiger partial charge in [0.15, 0.2) is 0 Å². The summed E-state index contributed by atoms with van der Waals surface area (Å²) in [5.74, 6) is 0.582. The van der Waals surface area contributed by atoms with Crippen LogP contribution < -0.4 is 11.1 Å². The Labute approximate surface area is 125 Å². The zero-order valence-corrected chi connectivity index (χ0v) is 13.3. The fourth-order valence-corrected chi connectivity index (χ4v) is 3.40. The number of aromatic nitrogens is 2. The van der Waals surface area contributed by atoms with E-state index < -0.39 is 0 Å². The van der Waals surface area contributed by atoms with Crippen LogP contribution in [-0.2, 0) is 4.79 Å². The van der Waals surface area contributed by atoms with Gasteiger partial charge in [-0.05, 0) is 0 Å². The summed E-state index contributed by atoms with van der Waals surface area (Å²) in [4.78, 5) is 12.0. The first-order valence-electron chi connectivity index (χ1n) is 6.95. The molecule has 1 heterocycles. The Morgan fingerprint density at radius 1 is 1.40 bits per heavy atom. The molecule has 0 saturated carbocycles. The molecule has 1 aromatic heterocycles. The van der Waals surface area contributed by atoms with Crippen molar-refractivity contribution in [1.29, 1.82) is 0 Å². The van der Waals surface area contributed by atoms with Gasteiger partial charge < -0.3 is 0 Å². The van der Waals surface area contributed by atoms with E-state index in [1.165, 1.54) is 0 Å². The maximum atomic E-state index is 12.0.